The number of hydrogen-bond acceptors (Lipinski definition) is 3. The molecule has 3 nitrogen and oxygen atoms in total. The Morgan fingerprint density at radius 1 is 0.343 bits per heavy atom. The van der Waals surface area contributed by atoms with Crippen molar-refractivity contribution < 1.29 is 8.83 Å². The van der Waals surface area contributed by atoms with Crippen LogP contribution >= 0.6 is 0 Å². The fourth-order valence-electron chi connectivity index (χ4n) is 12.0. The smallest absolute Gasteiger partial charge is 0.143 e. The Labute approximate surface area is 388 Å². The van der Waals surface area contributed by atoms with E-state index in [1.807, 2.05) is 18.2 Å². The maximum atomic E-state index is 6.53. The Hall–Kier alpha value is -8.40. The Kier molecular flexibility index (Phi) is 7.95. The summed E-state index contributed by atoms with van der Waals surface area (Å²) in [6.45, 7) is 4.77. The summed E-state index contributed by atoms with van der Waals surface area (Å²) in [4.78, 5) is 2.46. The number of benzene rings is 10. The van der Waals surface area contributed by atoms with Crippen molar-refractivity contribution in [2.24, 2.45) is 0 Å². The van der Waals surface area contributed by atoms with Gasteiger partial charge in [-0.05, 0) is 110 Å². The molecule has 67 heavy (non-hydrogen) atoms. The summed E-state index contributed by atoms with van der Waals surface area (Å²) in [6, 6.07) is 82.1. The summed E-state index contributed by atoms with van der Waals surface area (Å²) in [5.74, 6) is 0. The van der Waals surface area contributed by atoms with Gasteiger partial charge in [-0.25, -0.2) is 0 Å². The van der Waals surface area contributed by atoms with E-state index in [-0.39, 0.29) is 5.41 Å². The molecule has 14 rings (SSSR count). The van der Waals surface area contributed by atoms with Gasteiger partial charge >= 0.3 is 0 Å². The van der Waals surface area contributed by atoms with Crippen LogP contribution in [-0.4, -0.2) is 0 Å². The average Bonchev–Trinajstić information content (AvgIpc) is 4.05. The van der Waals surface area contributed by atoms with Crippen molar-refractivity contribution in [1.82, 2.24) is 0 Å². The fraction of sp³-hybridized carbons (Fsp3) is 0.0625. The molecule has 316 valence electrons. The van der Waals surface area contributed by atoms with Crippen LogP contribution < -0.4 is 4.90 Å². The molecular formula is C64H43NO2. The third-order valence-electron chi connectivity index (χ3n) is 15.0. The zero-order chi connectivity index (χ0) is 44.4. The molecule has 0 unspecified atom stereocenters. The van der Waals surface area contributed by atoms with Crippen molar-refractivity contribution in [1.29, 1.82) is 0 Å². The second kappa shape index (κ2) is 14.1. The van der Waals surface area contributed by atoms with E-state index < -0.39 is 5.41 Å². The fourth-order valence-corrected chi connectivity index (χ4v) is 12.0. The van der Waals surface area contributed by atoms with Crippen LogP contribution in [0.4, 0.5) is 17.1 Å². The molecule has 0 fully saturated rings. The Bertz CT molecular complexity index is 3910. The molecule has 0 bridgehead atoms. The number of nitrogens with zero attached hydrogens (tertiary/aromatic N) is 1. The van der Waals surface area contributed by atoms with E-state index in [9.17, 15) is 0 Å². The van der Waals surface area contributed by atoms with Crippen LogP contribution in [0.5, 0.6) is 0 Å². The van der Waals surface area contributed by atoms with Crippen molar-refractivity contribution >= 4 is 60.9 Å². The summed E-state index contributed by atoms with van der Waals surface area (Å²) in [5.41, 5.74) is 21.2. The van der Waals surface area contributed by atoms with Crippen LogP contribution in [0.25, 0.3) is 77.3 Å². The lowest BCUT2D eigenvalue weighted by atomic mass is 9.55. The number of hydrogen-bond donors (Lipinski definition) is 0. The van der Waals surface area contributed by atoms with E-state index in [4.69, 9.17) is 8.83 Å². The highest BCUT2D eigenvalue weighted by atomic mass is 16.3. The Balaban J connectivity index is 0.977. The summed E-state index contributed by atoms with van der Waals surface area (Å²) in [5, 5.41) is 4.51. The van der Waals surface area contributed by atoms with E-state index in [2.05, 4.69) is 225 Å². The second-order valence-electron chi connectivity index (χ2n) is 18.7. The first-order valence-corrected chi connectivity index (χ1v) is 23.2. The van der Waals surface area contributed by atoms with Crippen LogP contribution in [0.15, 0.2) is 233 Å². The normalized spacial score (nSPS) is 14.1. The molecule has 1 spiro atoms. The Morgan fingerprint density at radius 2 is 0.836 bits per heavy atom. The first-order valence-electron chi connectivity index (χ1n) is 23.2. The molecule has 2 aromatic heterocycles. The first-order chi connectivity index (χ1) is 33.0. The van der Waals surface area contributed by atoms with Gasteiger partial charge in [-0.3, -0.25) is 0 Å². The predicted molar refractivity (Wildman–Crippen MR) is 276 cm³/mol. The maximum Gasteiger partial charge on any atom is 0.143 e. The standard InChI is InChI=1S/C64H43NO2/c1-63(2)52-21-7-9-23-54(52)64(55-24-10-8-22-53(55)63)51-20-6-3-17-49(51)61-56(64)25-14-26-57(61)65(43-34-29-40(30-35-43)42-33-38-60-50(39-42)47-16-5-11-27-58(47)66-60)44-36-31-41(32-37-44)45-18-13-19-48-46-15-4-12-28-59(46)67-62(45)48/h3-39H,1-2H3. The molecule has 0 saturated carbocycles. The number of rotatable bonds is 5. The number of furan rings is 2. The number of para-hydroxylation sites is 3. The van der Waals surface area contributed by atoms with Crippen LogP contribution in [0.1, 0.15) is 47.2 Å². The van der Waals surface area contributed by atoms with Crippen molar-refractivity contribution in [3.63, 3.8) is 0 Å². The molecule has 0 atom stereocenters. The van der Waals surface area contributed by atoms with Gasteiger partial charge in [-0.15, -0.1) is 0 Å². The third-order valence-corrected chi connectivity index (χ3v) is 15.0. The molecule has 3 heteroatoms. The topological polar surface area (TPSA) is 29.5 Å². The van der Waals surface area contributed by atoms with Crippen molar-refractivity contribution in [2.45, 2.75) is 24.7 Å². The minimum atomic E-state index is -0.509. The lowest BCUT2D eigenvalue weighted by Gasteiger charge is -2.46. The molecule has 0 N–H and O–H groups in total. The van der Waals surface area contributed by atoms with Gasteiger partial charge in [0.2, 0.25) is 0 Å². The van der Waals surface area contributed by atoms with E-state index in [0.29, 0.717) is 0 Å². The summed E-state index contributed by atoms with van der Waals surface area (Å²) < 4.78 is 12.7. The first kappa shape index (κ1) is 37.9. The molecule has 2 aliphatic carbocycles. The van der Waals surface area contributed by atoms with Gasteiger partial charge in [0.05, 0.1) is 11.1 Å². The minimum Gasteiger partial charge on any atom is -0.456 e. The highest BCUT2D eigenvalue weighted by Gasteiger charge is 2.53. The number of anilines is 3. The minimum absolute atomic E-state index is 0.175. The van der Waals surface area contributed by atoms with Crippen LogP contribution in [0, 0.1) is 0 Å². The molecule has 0 aliphatic heterocycles. The third kappa shape index (κ3) is 5.28. The molecule has 0 radical (unpaired) electrons. The summed E-state index contributed by atoms with van der Waals surface area (Å²) >= 11 is 0. The van der Waals surface area contributed by atoms with E-state index in [1.165, 1.54) is 44.5 Å². The van der Waals surface area contributed by atoms with Crippen molar-refractivity contribution in [3.05, 3.63) is 258 Å². The Morgan fingerprint density at radius 3 is 1.54 bits per heavy atom. The van der Waals surface area contributed by atoms with E-state index in [0.717, 1.165) is 83.2 Å². The van der Waals surface area contributed by atoms with Gasteiger partial charge in [-0.2, -0.15) is 0 Å². The monoisotopic (exact) mass is 857 g/mol. The van der Waals surface area contributed by atoms with Crippen molar-refractivity contribution in [2.75, 3.05) is 4.90 Å². The lowest BCUT2D eigenvalue weighted by molar-refractivity contribution is 0.563. The van der Waals surface area contributed by atoms with Gasteiger partial charge in [0.15, 0.2) is 0 Å². The highest BCUT2D eigenvalue weighted by Crippen LogP contribution is 2.64. The zero-order valence-corrected chi connectivity index (χ0v) is 37.1. The van der Waals surface area contributed by atoms with E-state index >= 15 is 0 Å². The van der Waals surface area contributed by atoms with E-state index in [1.54, 1.807) is 0 Å². The average molecular weight is 858 g/mol. The summed E-state index contributed by atoms with van der Waals surface area (Å²) in [7, 11) is 0. The second-order valence-corrected chi connectivity index (χ2v) is 18.7. The van der Waals surface area contributed by atoms with Crippen LogP contribution in [0.2, 0.25) is 0 Å². The predicted octanol–water partition coefficient (Wildman–Crippen LogP) is 17.3. The quantitative estimate of drug-likeness (QED) is 0.173. The lowest BCUT2D eigenvalue weighted by Crippen LogP contribution is -2.40. The molecule has 12 aromatic rings. The van der Waals surface area contributed by atoms with Crippen LogP contribution in [0.3, 0.4) is 0 Å². The van der Waals surface area contributed by atoms with Crippen LogP contribution in [-0.2, 0) is 10.8 Å². The number of fused-ring (bicyclic) bond motifs is 15. The van der Waals surface area contributed by atoms with Gasteiger partial charge in [0.25, 0.3) is 0 Å². The largest absolute Gasteiger partial charge is 0.456 e. The molecule has 0 amide bonds. The van der Waals surface area contributed by atoms with Crippen molar-refractivity contribution in [3.8, 4) is 33.4 Å². The molecule has 0 saturated heterocycles. The van der Waals surface area contributed by atoms with Gasteiger partial charge in [-0.1, -0.05) is 184 Å². The molecule has 2 aliphatic rings. The SMILES string of the molecule is CC1(C)c2ccccc2C2(c3ccccc3-c3c(N(c4ccc(-c5ccc6oc7ccccc7c6c5)cc4)c4ccc(-c5cccc6c5oc5ccccc56)cc4)cccc32)c2ccccc21. The molecule has 2 heterocycles. The zero-order valence-electron chi connectivity index (χ0n) is 37.1. The summed E-state index contributed by atoms with van der Waals surface area (Å²) in [6.07, 6.45) is 0. The van der Waals surface area contributed by atoms with Gasteiger partial charge in [0.1, 0.15) is 22.3 Å². The molecular weight excluding hydrogens is 815 g/mol. The van der Waals surface area contributed by atoms with Gasteiger partial charge in [0, 0.05) is 49.5 Å². The van der Waals surface area contributed by atoms with Gasteiger partial charge < -0.3 is 13.7 Å². The highest BCUT2D eigenvalue weighted by molar-refractivity contribution is 6.10. The molecule has 10 aromatic carbocycles. The maximum absolute atomic E-state index is 6.53.